The maximum atomic E-state index is 13.1. The van der Waals surface area contributed by atoms with Crippen LogP contribution in [-0.2, 0) is 6.54 Å². The highest BCUT2D eigenvalue weighted by molar-refractivity contribution is 5.96. The van der Waals surface area contributed by atoms with Crippen LogP contribution in [0.2, 0.25) is 0 Å². The van der Waals surface area contributed by atoms with Gasteiger partial charge in [0.15, 0.2) is 5.78 Å². The van der Waals surface area contributed by atoms with Gasteiger partial charge >= 0.3 is 0 Å². The van der Waals surface area contributed by atoms with Crippen LogP contribution in [0, 0.1) is 17.7 Å². The number of ketones is 1. The molecule has 0 radical (unpaired) electrons. The summed E-state index contributed by atoms with van der Waals surface area (Å²) in [6.45, 7) is 3.80. The molecule has 0 aromatic heterocycles. The van der Waals surface area contributed by atoms with Crippen molar-refractivity contribution in [3.05, 3.63) is 101 Å². The van der Waals surface area contributed by atoms with Gasteiger partial charge in [0.2, 0.25) is 0 Å². The van der Waals surface area contributed by atoms with Crippen LogP contribution in [-0.4, -0.2) is 55.4 Å². The summed E-state index contributed by atoms with van der Waals surface area (Å²) >= 11 is 0. The van der Waals surface area contributed by atoms with E-state index < -0.39 is 0 Å². The normalized spacial score (nSPS) is 14.2. The fourth-order valence-electron chi connectivity index (χ4n) is 4.66. The van der Waals surface area contributed by atoms with Crippen LogP contribution >= 0.6 is 0 Å². The van der Waals surface area contributed by atoms with Gasteiger partial charge in [0.25, 0.3) is 0 Å². The van der Waals surface area contributed by atoms with Crippen molar-refractivity contribution in [1.82, 2.24) is 9.80 Å². The number of halogens is 1. The molecule has 4 rings (SSSR count). The van der Waals surface area contributed by atoms with Crippen molar-refractivity contribution in [3.8, 4) is 17.6 Å². The number of benzene rings is 3. The smallest absolute Gasteiger partial charge is 0.163 e. The van der Waals surface area contributed by atoms with Gasteiger partial charge < -0.3 is 9.64 Å². The van der Waals surface area contributed by atoms with Crippen LogP contribution < -0.4 is 4.74 Å². The zero-order chi connectivity index (χ0) is 26.7. The molecular weight excluding hydrogens is 475 g/mol. The third-order valence-corrected chi connectivity index (χ3v) is 6.78. The molecule has 1 aliphatic rings. The van der Waals surface area contributed by atoms with Gasteiger partial charge in [-0.05, 0) is 100 Å². The number of Topliss-reactive ketones (excluding diaryl/α,β-unsaturated/α-hetero) is 1. The van der Waals surface area contributed by atoms with Crippen molar-refractivity contribution in [2.45, 2.75) is 44.8 Å². The molecule has 38 heavy (non-hydrogen) atoms. The number of ether oxygens (including phenoxy) is 1. The first kappa shape index (κ1) is 27.6. The van der Waals surface area contributed by atoms with E-state index in [0.717, 1.165) is 74.3 Å². The molecule has 1 heterocycles. The van der Waals surface area contributed by atoms with E-state index in [4.69, 9.17) is 4.74 Å². The lowest BCUT2D eigenvalue weighted by atomic mass is 10.0. The Bertz CT molecular complexity index is 1250. The van der Waals surface area contributed by atoms with Crippen molar-refractivity contribution in [2.75, 3.05) is 33.7 Å². The number of hydrogen-bond donors (Lipinski definition) is 0. The van der Waals surface area contributed by atoms with Gasteiger partial charge in [-0.3, -0.25) is 9.69 Å². The van der Waals surface area contributed by atoms with E-state index in [1.54, 1.807) is 12.1 Å². The lowest BCUT2D eigenvalue weighted by Gasteiger charge is -2.32. The summed E-state index contributed by atoms with van der Waals surface area (Å²) in [5, 5.41) is 0. The van der Waals surface area contributed by atoms with Crippen molar-refractivity contribution in [1.29, 1.82) is 0 Å². The Morgan fingerprint density at radius 2 is 1.68 bits per heavy atom. The number of likely N-dealkylation sites (tertiary alicyclic amines) is 1. The van der Waals surface area contributed by atoms with Gasteiger partial charge in [0, 0.05) is 42.7 Å². The SMILES string of the molecule is CN(C)CCCCC(=O)c1cccc(OC2CCN(Cc3cccc(C#Cc4ccc(F)cc4)c3)CC2)c1. The first-order valence-corrected chi connectivity index (χ1v) is 13.5. The van der Waals surface area contributed by atoms with E-state index in [0.29, 0.717) is 6.42 Å². The first-order valence-electron chi connectivity index (χ1n) is 13.5. The lowest BCUT2D eigenvalue weighted by Crippen LogP contribution is -2.37. The van der Waals surface area contributed by atoms with Crippen LogP contribution in [0.1, 0.15) is 59.2 Å². The predicted octanol–water partition coefficient (Wildman–Crippen LogP) is 6.18. The summed E-state index contributed by atoms with van der Waals surface area (Å²) in [7, 11) is 4.11. The average Bonchev–Trinajstić information content (AvgIpc) is 2.92. The summed E-state index contributed by atoms with van der Waals surface area (Å²) < 4.78 is 19.4. The highest BCUT2D eigenvalue weighted by atomic mass is 19.1. The van der Waals surface area contributed by atoms with Crippen LogP contribution in [0.25, 0.3) is 0 Å². The summed E-state index contributed by atoms with van der Waals surface area (Å²) in [5.41, 5.74) is 3.73. The van der Waals surface area contributed by atoms with Gasteiger partial charge in [-0.25, -0.2) is 4.39 Å². The minimum Gasteiger partial charge on any atom is -0.490 e. The number of carbonyl (C=O) groups excluding carboxylic acids is 1. The maximum absolute atomic E-state index is 13.1. The van der Waals surface area contributed by atoms with Crippen molar-refractivity contribution >= 4 is 5.78 Å². The van der Waals surface area contributed by atoms with Gasteiger partial charge in [-0.1, -0.05) is 36.1 Å². The molecule has 0 atom stereocenters. The molecule has 3 aromatic carbocycles. The topological polar surface area (TPSA) is 32.8 Å². The molecule has 1 aliphatic heterocycles. The second-order valence-corrected chi connectivity index (χ2v) is 10.3. The summed E-state index contributed by atoms with van der Waals surface area (Å²) in [4.78, 5) is 17.2. The molecule has 1 fully saturated rings. The standard InChI is InChI=1S/C33H37FN2O2/c1-35(2)20-4-3-11-33(37)29-9-6-10-32(24-29)38-31-18-21-36(22-19-31)25-28-8-5-7-27(23-28)13-12-26-14-16-30(34)17-15-26/h5-10,14-17,23-24,31H,3-4,11,18-22,25H2,1-2H3. The van der Waals surface area contributed by atoms with Crippen molar-refractivity contribution in [2.24, 2.45) is 0 Å². The lowest BCUT2D eigenvalue weighted by molar-refractivity contribution is 0.0950. The monoisotopic (exact) mass is 512 g/mol. The summed E-state index contributed by atoms with van der Waals surface area (Å²) in [5.74, 6) is 7.01. The molecule has 0 spiro atoms. The Balaban J connectivity index is 1.24. The molecule has 0 bridgehead atoms. The minimum absolute atomic E-state index is 0.157. The quantitative estimate of drug-likeness (QED) is 0.184. The second-order valence-electron chi connectivity index (χ2n) is 10.3. The highest BCUT2D eigenvalue weighted by Crippen LogP contribution is 2.22. The fourth-order valence-corrected chi connectivity index (χ4v) is 4.66. The molecule has 198 valence electrons. The van der Waals surface area contributed by atoms with Crippen LogP contribution in [0.5, 0.6) is 5.75 Å². The van der Waals surface area contributed by atoms with Crippen molar-refractivity contribution < 1.29 is 13.9 Å². The van der Waals surface area contributed by atoms with Crippen molar-refractivity contribution in [3.63, 3.8) is 0 Å². The second kappa shape index (κ2) is 13.9. The van der Waals surface area contributed by atoms with E-state index in [2.05, 4.69) is 47.9 Å². The van der Waals surface area contributed by atoms with E-state index in [1.807, 2.05) is 36.4 Å². The number of nitrogens with zero attached hydrogens (tertiary/aromatic N) is 2. The Labute approximate surface area is 226 Å². The highest BCUT2D eigenvalue weighted by Gasteiger charge is 2.21. The zero-order valence-electron chi connectivity index (χ0n) is 22.5. The summed E-state index contributed by atoms with van der Waals surface area (Å²) in [6, 6.07) is 22.2. The minimum atomic E-state index is -0.253. The largest absolute Gasteiger partial charge is 0.490 e. The van der Waals surface area contributed by atoms with Crippen LogP contribution in [0.3, 0.4) is 0 Å². The molecular formula is C33H37FN2O2. The maximum Gasteiger partial charge on any atom is 0.163 e. The number of piperidine rings is 1. The Hall–Kier alpha value is -3.46. The molecule has 1 saturated heterocycles. The Kier molecular flexibility index (Phi) is 10.1. The van der Waals surface area contributed by atoms with Gasteiger partial charge in [0.05, 0.1) is 0 Å². The number of hydrogen-bond acceptors (Lipinski definition) is 4. The zero-order valence-corrected chi connectivity index (χ0v) is 22.5. The van der Waals surface area contributed by atoms with Gasteiger partial charge in [0.1, 0.15) is 17.7 Å². The summed E-state index contributed by atoms with van der Waals surface area (Å²) in [6.07, 6.45) is 4.57. The molecule has 0 unspecified atom stereocenters. The molecule has 0 N–H and O–H groups in total. The molecule has 5 heteroatoms. The third kappa shape index (κ3) is 8.83. The van der Waals surface area contributed by atoms with E-state index in [9.17, 15) is 9.18 Å². The predicted molar refractivity (Wildman–Crippen MR) is 151 cm³/mol. The third-order valence-electron chi connectivity index (χ3n) is 6.78. The molecule has 4 nitrogen and oxygen atoms in total. The van der Waals surface area contributed by atoms with E-state index in [1.165, 1.54) is 17.7 Å². The Morgan fingerprint density at radius 3 is 2.45 bits per heavy atom. The van der Waals surface area contributed by atoms with Gasteiger partial charge in [-0.15, -0.1) is 0 Å². The van der Waals surface area contributed by atoms with Crippen LogP contribution in [0.4, 0.5) is 4.39 Å². The number of unbranched alkanes of at least 4 members (excludes halogenated alkanes) is 1. The average molecular weight is 513 g/mol. The first-order chi connectivity index (χ1) is 18.4. The Morgan fingerprint density at radius 1 is 0.947 bits per heavy atom. The number of rotatable bonds is 10. The molecule has 0 saturated carbocycles. The van der Waals surface area contributed by atoms with Crippen LogP contribution in [0.15, 0.2) is 72.8 Å². The van der Waals surface area contributed by atoms with E-state index in [-0.39, 0.29) is 17.7 Å². The van der Waals surface area contributed by atoms with Gasteiger partial charge in [-0.2, -0.15) is 0 Å². The molecule has 3 aromatic rings. The molecule has 0 amide bonds. The number of carbonyl (C=O) groups is 1. The fraction of sp³-hybridized carbons (Fsp3) is 0.364. The molecule has 0 aliphatic carbocycles. The van der Waals surface area contributed by atoms with E-state index >= 15 is 0 Å².